The van der Waals surface area contributed by atoms with Gasteiger partial charge in [-0.25, -0.2) is 4.79 Å². The van der Waals surface area contributed by atoms with Gasteiger partial charge >= 0.3 is 12.3 Å². The quantitative estimate of drug-likeness (QED) is 0.205. The largest absolute Gasteiger partial charge is 0.573 e. The molecule has 0 N–H and O–H groups in total. The summed E-state index contributed by atoms with van der Waals surface area (Å²) < 4.78 is 61.6. The van der Waals surface area contributed by atoms with Crippen LogP contribution in [0.15, 0.2) is 48.5 Å². The number of ether oxygens (including phenoxy) is 5. The van der Waals surface area contributed by atoms with Crippen LogP contribution in [0.4, 0.5) is 13.2 Å². The number of alkyl halides is 3. The summed E-state index contributed by atoms with van der Waals surface area (Å²) in [7, 11) is 0. The SMILES string of the molecule is O=C(Oc1ccc(OC(F)(F)F)cc1)c1ccc(OCCCCCOCC2CO2)cc1. The van der Waals surface area contributed by atoms with Crippen LogP contribution in [0.1, 0.15) is 29.6 Å². The molecule has 1 saturated heterocycles. The summed E-state index contributed by atoms with van der Waals surface area (Å²) in [5, 5.41) is 0. The number of esters is 1. The fourth-order valence-electron chi connectivity index (χ4n) is 2.61. The fraction of sp³-hybridized carbons (Fsp3) is 0.409. The van der Waals surface area contributed by atoms with Crippen molar-refractivity contribution < 1.29 is 41.7 Å². The minimum atomic E-state index is -4.78. The molecule has 3 rings (SSSR count). The summed E-state index contributed by atoms with van der Waals surface area (Å²) in [6.07, 6.45) is -1.64. The lowest BCUT2D eigenvalue weighted by atomic mass is 10.2. The van der Waals surface area contributed by atoms with Crippen molar-refractivity contribution >= 4 is 5.97 Å². The molecule has 2 aromatic rings. The standard InChI is InChI=1S/C22H23F3O6/c23-22(24,25)31-19-10-8-18(9-11-19)30-21(26)16-4-6-17(7-5-16)28-13-3-1-2-12-27-14-20-15-29-20/h4-11,20H,1-3,12-15H2. The second-order valence-electron chi connectivity index (χ2n) is 6.87. The molecule has 31 heavy (non-hydrogen) atoms. The Balaban J connectivity index is 1.34. The third-order valence-electron chi connectivity index (χ3n) is 4.27. The van der Waals surface area contributed by atoms with Gasteiger partial charge in [-0.3, -0.25) is 0 Å². The first-order valence-electron chi connectivity index (χ1n) is 9.89. The van der Waals surface area contributed by atoms with Crippen molar-refractivity contribution in [2.45, 2.75) is 31.7 Å². The van der Waals surface area contributed by atoms with E-state index in [1.165, 1.54) is 12.1 Å². The van der Waals surface area contributed by atoms with Crippen molar-refractivity contribution in [1.29, 1.82) is 0 Å². The predicted molar refractivity (Wildman–Crippen MR) is 104 cm³/mol. The Morgan fingerprint density at radius 3 is 2.16 bits per heavy atom. The van der Waals surface area contributed by atoms with E-state index in [0.29, 0.717) is 30.6 Å². The molecule has 0 amide bonds. The van der Waals surface area contributed by atoms with E-state index in [1.807, 2.05) is 0 Å². The van der Waals surface area contributed by atoms with E-state index in [0.717, 1.165) is 44.6 Å². The number of unbranched alkanes of at least 4 members (excludes halogenated alkanes) is 2. The highest BCUT2D eigenvalue weighted by Gasteiger charge is 2.31. The first-order valence-corrected chi connectivity index (χ1v) is 9.89. The molecular weight excluding hydrogens is 417 g/mol. The first-order chi connectivity index (χ1) is 14.9. The highest BCUT2D eigenvalue weighted by atomic mass is 19.4. The van der Waals surface area contributed by atoms with Crippen LogP contribution in [0.2, 0.25) is 0 Å². The zero-order valence-electron chi connectivity index (χ0n) is 16.7. The van der Waals surface area contributed by atoms with Gasteiger partial charge in [0, 0.05) is 6.61 Å². The Hall–Kier alpha value is -2.78. The summed E-state index contributed by atoms with van der Waals surface area (Å²) >= 11 is 0. The average molecular weight is 440 g/mol. The van der Waals surface area contributed by atoms with Crippen molar-refractivity contribution in [1.82, 2.24) is 0 Å². The van der Waals surface area contributed by atoms with Crippen LogP contribution >= 0.6 is 0 Å². The van der Waals surface area contributed by atoms with E-state index >= 15 is 0 Å². The number of carbonyl (C=O) groups is 1. The molecular formula is C22H23F3O6. The van der Waals surface area contributed by atoms with Crippen LogP contribution in [-0.4, -0.2) is 44.9 Å². The molecule has 9 heteroatoms. The number of hydrogen-bond acceptors (Lipinski definition) is 6. The first kappa shape index (κ1) is 22.9. The molecule has 1 fully saturated rings. The fourth-order valence-corrected chi connectivity index (χ4v) is 2.61. The van der Waals surface area contributed by atoms with Gasteiger partial charge in [-0.15, -0.1) is 13.2 Å². The maximum absolute atomic E-state index is 12.2. The van der Waals surface area contributed by atoms with Gasteiger partial charge in [-0.2, -0.15) is 0 Å². The van der Waals surface area contributed by atoms with Crippen molar-refractivity contribution in [2.24, 2.45) is 0 Å². The van der Waals surface area contributed by atoms with Crippen LogP contribution < -0.4 is 14.2 Å². The van der Waals surface area contributed by atoms with Gasteiger partial charge in [0.05, 0.1) is 25.4 Å². The van der Waals surface area contributed by atoms with E-state index in [-0.39, 0.29) is 5.75 Å². The van der Waals surface area contributed by atoms with E-state index in [4.69, 9.17) is 18.9 Å². The number of rotatable bonds is 12. The van der Waals surface area contributed by atoms with E-state index in [9.17, 15) is 18.0 Å². The Morgan fingerprint density at radius 2 is 1.52 bits per heavy atom. The zero-order valence-corrected chi connectivity index (χ0v) is 16.7. The molecule has 1 aliphatic rings. The molecule has 168 valence electrons. The second-order valence-corrected chi connectivity index (χ2v) is 6.87. The Morgan fingerprint density at radius 1 is 0.903 bits per heavy atom. The lowest BCUT2D eigenvalue weighted by molar-refractivity contribution is -0.274. The topological polar surface area (TPSA) is 66.5 Å². The van der Waals surface area contributed by atoms with Gasteiger partial charge in [0.15, 0.2) is 0 Å². The number of benzene rings is 2. The molecule has 2 aromatic carbocycles. The maximum Gasteiger partial charge on any atom is 0.573 e. The molecule has 6 nitrogen and oxygen atoms in total. The lowest BCUT2D eigenvalue weighted by Gasteiger charge is -2.10. The lowest BCUT2D eigenvalue weighted by Crippen LogP contribution is -2.17. The molecule has 1 aliphatic heterocycles. The molecule has 0 aromatic heterocycles. The van der Waals surface area contributed by atoms with Crippen molar-refractivity contribution in [3.05, 3.63) is 54.1 Å². The number of carbonyl (C=O) groups excluding carboxylic acids is 1. The third-order valence-corrected chi connectivity index (χ3v) is 4.27. The zero-order chi connectivity index (χ0) is 22.1. The van der Waals surface area contributed by atoms with Gasteiger partial charge in [0.1, 0.15) is 23.4 Å². The van der Waals surface area contributed by atoms with E-state index < -0.39 is 18.1 Å². The monoisotopic (exact) mass is 440 g/mol. The molecule has 1 unspecified atom stereocenters. The summed E-state index contributed by atoms with van der Waals surface area (Å²) in [5.74, 6) is -0.289. The summed E-state index contributed by atoms with van der Waals surface area (Å²) in [5.41, 5.74) is 0.291. The smallest absolute Gasteiger partial charge is 0.494 e. The predicted octanol–water partition coefficient (Wildman–Crippen LogP) is 4.77. The molecule has 0 radical (unpaired) electrons. The van der Waals surface area contributed by atoms with Crippen LogP contribution in [0, 0.1) is 0 Å². The highest BCUT2D eigenvalue weighted by Crippen LogP contribution is 2.25. The van der Waals surface area contributed by atoms with Crippen LogP contribution in [0.25, 0.3) is 0 Å². The van der Waals surface area contributed by atoms with Gasteiger partial charge < -0.3 is 23.7 Å². The average Bonchev–Trinajstić information content (AvgIpc) is 3.55. The third kappa shape index (κ3) is 8.85. The number of halogens is 3. The molecule has 1 heterocycles. The summed E-state index contributed by atoms with van der Waals surface area (Å²) in [6, 6.07) is 11.0. The van der Waals surface area contributed by atoms with Gasteiger partial charge in [0.2, 0.25) is 0 Å². The van der Waals surface area contributed by atoms with Crippen molar-refractivity contribution in [3.8, 4) is 17.2 Å². The van der Waals surface area contributed by atoms with Gasteiger partial charge in [-0.05, 0) is 67.8 Å². The second kappa shape index (κ2) is 11.0. The van der Waals surface area contributed by atoms with E-state index in [1.54, 1.807) is 24.3 Å². The van der Waals surface area contributed by atoms with Crippen molar-refractivity contribution in [3.63, 3.8) is 0 Å². The van der Waals surface area contributed by atoms with E-state index in [2.05, 4.69) is 4.74 Å². The molecule has 0 spiro atoms. The number of epoxide rings is 1. The van der Waals surface area contributed by atoms with Gasteiger partial charge in [-0.1, -0.05) is 0 Å². The van der Waals surface area contributed by atoms with Crippen LogP contribution in [0.3, 0.4) is 0 Å². The maximum atomic E-state index is 12.2. The Kier molecular flexibility index (Phi) is 8.13. The van der Waals surface area contributed by atoms with Crippen LogP contribution in [0.5, 0.6) is 17.2 Å². The van der Waals surface area contributed by atoms with Crippen molar-refractivity contribution in [2.75, 3.05) is 26.4 Å². The highest BCUT2D eigenvalue weighted by molar-refractivity contribution is 5.91. The normalized spacial score (nSPS) is 15.4. The molecule has 0 bridgehead atoms. The minimum Gasteiger partial charge on any atom is -0.494 e. The Labute approximate surface area is 177 Å². The molecule has 0 saturated carbocycles. The van der Waals surface area contributed by atoms with Crippen LogP contribution in [-0.2, 0) is 9.47 Å². The summed E-state index contributed by atoms with van der Waals surface area (Å²) in [6.45, 7) is 2.75. The summed E-state index contributed by atoms with van der Waals surface area (Å²) in [4.78, 5) is 12.2. The molecule has 1 atom stereocenters. The Bertz CT molecular complexity index is 817. The minimum absolute atomic E-state index is 0.105. The number of hydrogen-bond donors (Lipinski definition) is 0. The van der Waals surface area contributed by atoms with Gasteiger partial charge in [0.25, 0.3) is 0 Å². The molecule has 0 aliphatic carbocycles.